The number of ether oxygens (including phenoxy) is 1. The van der Waals surface area contributed by atoms with Gasteiger partial charge in [0.2, 0.25) is 21.8 Å². The highest BCUT2D eigenvalue weighted by molar-refractivity contribution is 7.89. The van der Waals surface area contributed by atoms with Gasteiger partial charge in [-0.15, -0.1) is 0 Å². The van der Waals surface area contributed by atoms with Crippen LogP contribution in [0.1, 0.15) is 32.6 Å². The van der Waals surface area contributed by atoms with E-state index in [2.05, 4.69) is 5.32 Å². The number of benzene rings is 1. The smallest absolute Gasteiger partial charge is 0.406 e. The first-order valence-electron chi connectivity index (χ1n) is 10.4. The Morgan fingerprint density at radius 3 is 2.53 bits per heavy atom. The third-order valence-corrected chi connectivity index (χ3v) is 7.31. The summed E-state index contributed by atoms with van der Waals surface area (Å²) < 4.78 is 70.7. The maximum Gasteiger partial charge on any atom is 0.406 e. The maximum absolute atomic E-state index is 13.0. The van der Waals surface area contributed by atoms with Gasteiger partial charge in [0.15, 0.2) is 0 Å². The van der Waals surface area contributed by atoms with E-state index in [0.29, 0.717) is 18.0 Å². The Kier molecular flexibility index (Phi) is 7.33. The molecule has 32 heavy (non-hydrogen) atoms. The van der Waals surface area contributed by atoms with E-state index in [-0.39, 0.29) is 35.9 Å². The number of anilines is 1. The number of hydrogen-bond acceptors (Lipinski definition) is 5. The molecule has 1 atom stereocenters. The van der Waals surface area contributed by atoms with Crippen LogP contribution in [-0.4, -0.2) is 68.4 Å². The van der Waals surface area contributed by atoms with Crippen molar-refractivity contribution in [1.29, 1.82) is 0 Å². The molecule has 2 aliphatic heterocycles. The molecule has 0 spiro atoms. The molecule has 1 aromatic rings. The van der Waals surface area contributed by atoms with Crippen molar-refractivity contribution in [3.8, 4) is 5.75 Å². The number of hydrogen-bond donors (Lipinski definition) is 1. The highest BCUT2D eigenvalue weighted by Crippen LogP contribution is 2.32. The van der Waals surface area contributed by atoms with Crippen LogP contribution in [0.25, 0.3) is 0 Å². The Hall–Kier alpha value is -2.34. The van der Waals surface area contributed by atoms with Crippen LogP contribution in [0.3, 0.4) is 0 Å². The molecule has 178 valence electrons. The first-order chi connectivity index (χ1) is 15.0. The number of rotatable bonds is 7. The molecule has 0 aliphatic carbocycles. The minimum Gasteiger partial charge on any atom is -0.492 e. The van der Waals surface area contributed by atoms with Crippen molar-refractivity contribution >= 4 is 27.5 Å². The highest BCUT2D eigenvalue weighted by atomic mass is 32.2. The zero-order valence-corrected chi connectivity index (χ0v) is 18.5. The lowest BCUT2D eigenvalue weighted by Gasteiger charge is -2.26. The third-order valence-electron chi connectivity index (χ3n) is 5.42. The molecule has 2 amide bonds. The van der Waals surface area contributed by atoms with Crippen LogP contribution in [-0.2, 0) is 19.6 Å². The molecule has 0 saturated carbocycles. The standard InChI is InChI=1S/C20H26F3N3O5S/c1-2-31-17-7-6-15(32(29,30)26-8-4-3-5-9-26)11-16(17)24-19(28)14-10-18(27)25(12-14)13-20(21,22)23/h6-7,11,14H,2-5,8-10,12-13H2,1H3,(H,24,28). The van der Waals surface area contributed by atoms with Crippen molar-refractivity contribution in [1.82, 2.24) is 9.21 Å². The minimum atomic E-state index is -4.56. The zero-order chi connectivity index (χ0) is 23.5. The predicted octanol–water partition coefficient (Wildman–Crippen LogP) is 2.61. The minimum absolute atomic E-state index is 0.0145. The Balaban J connectivity index is 1.79. The summed E-state index contributed by atoms with van der Waals surface area (Å²) in [6, 6.07) is 4.12. The molecular weight excluding hydrogens is 451 g/mol. The summed E-state index contributed by atoms with van der Waals surface area (Å²) in [5, 5.41) is 2.55. The monoisotopic (exact) mass is 477 g/mol. The van der Waals surface area contributed by atoms with Gasteiger partial charge in [0.1, 0.15) is 12.3 Å². The summed E-state index contributed by atoms with van der Waals surface area (Å²) in [4.78, 5) is 25.2. The van der Waals surface area contributed by atoms with Crippen LogP contribution < -0.4 is 10.1 Å². The molecule has 1 N–H and O–H groups in total. The number of likely N-dealkylation sites (tertiary alicyclic amines) is 1. The molecule has 2 aliphatic rings. The summed E-state index contributed by atoms with van der Waals surface area (Å²) in [6.07, 6.45) is -2.41. The highest BCUT2D eigenvalue weighted by Gasteiger charge is 2.40. The predicted molar refractivity (Wildman–Crippen MR) is 110 cm³/mol. The summed E-state index contributed by atoms with van der Waals surface area (Å²) >= 11 is 0. The largest absolute Gasteiger partial charge is 0.492 e. The number of amides is 2. The number of alkyl halides is 3. The fourth-order valence-corrected chi connectivity index (χ4v) is 5.40. The van der Waals surface area contributed by atoms with Crippen LogP contribution in [0.4, 0.5) is 18.9 Å². The van der Waals surface area contributed by atoms with E-state index in [4.69, 9.17) is 4.74 Å². The first kappa shape index (κ1) is 24.3. The molecule has 12 heteroatoms. The number of carbonyl (C=O) groups excluding carboxylic acids is 2. The van der Waals surface area contributed by atoms with Crippen LogP contribution >= 0.6 is 0 Å². The van der Waals surface area contributed by atoms with E-state index < -0.39 is 40.5 Å². The van der Waals surface area contributed by atoms with E-state index in [0.717, 1.165) is 19.3 Å². The molecule has 2 heterocycles. The fraction of sp³-hybridized carbons (Fsp3) is 0.600. The number of piperidine rings is 1. The molecule has 8 nitrogen and oxygen atoms in total. The lowest BCUT2D eigenvalue weighted by atomic mass is 10.1. The number of nitrogens with one attached hydrogen (secondary N) is 1. The van der Waals surface area contributed by atoms with Crippen LogP contribution in [0.15, 0.2) is 23.1 Å². The Morgan fingerprint density at radius 2 is 1.91 bits per heavy atom. The lowest BCUT2D eigenvalue weighted by molar-refractivity contribution is -0.157. The van der Waals surface area contributed by atoms with Crippen molar-refractivity contribution in [2.75, 3.05) is 38.1 Å². The van der Waals surface area contributed by atoms with Gasteiger partial charge < -0.3 is 15.0 Å². The molecule has 2 saturated heterocycles. The van der Waals surface area contributed by atoms with E-state index >= 15 is 0 Å². The Bertz CT molecular complexity index is 962. The number of nitrogens with zero attached hydrogens (tertiary/aromatic N) is 2. The van der Waals surface area contributed by atoms with Gasteiger partial charge in [0.05, 0.1) is 23.1 Å². The second kappa shape index (κ2) is 9.65. The second-order valence-electron chi connectivity index (χ2n) is 7.84. The normalized spacial score (nSPS) is 20.4. The van der Waals surface area contributed by atoms with Gasteiger partial charge in [-0.3, -0.25) is 9.59 Å². The van der Waals surface area contributed by atoms with E-state index in [1.807, 2.05) is 0 Å². The third kappa shape index (κ3) is 5.71. The van der Waals surface area contributed by atoms with Crippen molar-refractivity contribution in [2.24, 2.45) is 5.92 Å². The number of halogens is 3. The van der Waals surface area contributed by atoms with Gasteiger partial charge in [-0.25, -0.2) is 8.42 Å². The van der Waals surface area contributed by atoms with E-state index in [1.165, 1.54) is 22.5 Å². The van der Waals surface area contributed by atoms with Gasteiger partial charge in [-0.05, 0) is 38.0 Å². The zero-order valence-electron chi connectivity index (χ0n) is 17.7. The van der Waals surface area contributed by atoms with E-state index in [9.17, 15) is 31.2 Å². The van der Waals surface area contributed by atoms with Crippen molar-refractivity contribution < 1.29 is 35.9 Å². The molecule has 2 fully saturated rings. The van der Waals surface area contributed by atoms with Gasteiger partial charge in [0, 0.05) is 26.1 Å². The summed E-state index contributed by atoms with van der Waals surface area (Å²) in [5.41, 5.74) is 0.0941. The fourth-order valence-electron chi connectivity index (χ4n) is 3.85. The summed E-state index contributed by atoms with van der Waals surface area (Å²) in [7, 11) is -3.77. The first-order valence-corrected chi connectivity index (χ1v) is 11.9. The second-order valence-corrected chi connectivity index (χ2v) is 9.77. The number of carbonyl (C=O) groups is 2. The molecule has 3 rings (SSSR count). The van der Waals surface area contributed by atoms with E-state index in [1.54, 1.807) is 6.92 Å². The SMILES string of the molecule is CCOc1ccc(S(=O)(=O)N2CCCCC2)cc1NC(=O)C1CC(=O)N(CC(F)(F)F)C1. The van der Waals surface area contributed by atoms with Crippen LogP contribution in [0, 0.1) is 5.92 Å². The molecular formula is C20H26F3N3O5S. The van der Waals surface area contributed by atoms with Gasteiger partial charge in [-0.1, -0.05) is 6.42 Å². The topological polar surface area (TPSA) is 96.0 Å². The molecule has 1 aromatic carbocycles. The van der Waals surface area contributed by atoms with Crippen molar-refractivity contribution in [3.05, 3.63) is 18.2 Å². The van der Waals surface area contributed by atoms with Crippen LogP contribution in [0.2, 0.25) is 0 Å². The summed E-state index contributed by atoms with van der Waals surface area (Å²) in [6.45, 7) is 1.02. The average molecular weight is 478 g/mol. The Morgan fingerprint density at radius 1 is 1.22 bits per heavy atom. The van der Waals surface area contributed by atoms with Crippen molar-refractivity contribution in [2.45, 2.75) is 43.7 Å². The van der Waals surface area contributed by atoms with Crippen LogP contribution in [0.5, 0.6) is 5.75 Å². The number of sulfonamides is 1. The quantitative estimate of drug-likeness (QED) is 0.651. The summed E-state index contributed by atoms with van der Waals surface area (Å²) in [5.74, 6) is -2.18. The average Bonchev–Trinajstić information content (AvgIpc) is 3.09. The van der Waals surface area contributed by atoms with Crippen molar-refractivity contribution in [3.63, 3.8) is 0 Å². The molecule has 0 radical (unpaired) electrons. The molecule has 0 aromatic heterocycles. The van der Waals surface area contributed by atoms with Gasteiger partial charge in [-0.2, -0.15) is 17.5 Å². The molecule has 1 unspecified atom stereocenters. The Labute approximate surface area is 184 Å². The maximum atomic E-state index is 13.0. The molecule has 0 bridgehead atoms. The lowest BCUT2D eigenvalue weighted by Crippen LogP contribution is -2.36. The van der Waals surface area contributed by atoms with Gasteiger partial charge >= 0.3 is 6.18 Å². The van der Waals surface area contributed by atoms with Gasteiger partial charge in [0.25, 0.3) is 0 Å².